The van der Waals surface area contributed by atoms with Crippen molar-refractivity contribution in [3.8, 4) is 12.1 Å². The smallest absolute Gasteiger partial charge is 0.234 e. The Morgan fingerprint density at radius 3 is 2.43 bits per heavy atom. The molecule has 1 spiro atoms. The van der Waals surface area contributed by atoms with Gasteiger partial charge < -0.3 is 16.4 Å². The van der Waals surface area contributed by atoms with Gasteiger partial charge in [-0.15, -0.1) is 0 Å². The van der Waals surface area contributed by atoms with Crippen LogP contribution in [0, 0.1) is 33.9 Å². The highest BCUT2D eigenvalue weighted by Crippen LogP contribution is 2.51. The minimum absolute atomic E-state index is 0.0517. The normalized spacial score (nSPS) is 18.2. The zero-order valence-electron chi connectivity index (χ0n) is 15.2. The number of carbonyl (C=O) groups excluding carboxylic acids is 1. The number of benzene rings is 1. The first kappa shape index (κ1) is 19.8. The number of nitrogens with one attached hydrogen (secondary N) is 2. The van der Waals surface area contributed by atoms with Gasteiger partial charge in [0.05, 0.1) is 34.1 Å². The lowest BCUT2D eigenvalue weighted by Crippen LogP contribution is -2.39. The van der Waals surface area contributed by atoms with Gasteiger partial charge in [-0.1, -0.05) is 31.0 Å². The van der Waals surface area contributed by atoms with Gasteiger partial charge in [-0.05, 0) is 37.1 Å². The molecule has 1 aliphatic carbocycles. The summed E-state index contributed by atoms with van der Waals surface area (Å²) < 4.78 is 13.0. The highest BCUT2D eigenvalue weighted by atomic mass is 32.2. The van der Waals surface area contributed by atoms with Crippen LogP contribution in [0.25, 0.3) is 0 Å². The summed E-state index contributed by atoms with van der Waals surface area (Å²) in [6.07, 6.45) is 4.31. The SMILES string of the molecule is N#CC1=C(N)NC(SCC(=O)Nc2ccc(F)cc2)=C(C#N)C12CCCCC2. The first-order valence-corrected chi connectivity index (χ1v) is 9.99. The molecule has 0 bridgehead atoms. The van der Waals surface area contributed by atoms with E-state index in [0.29, 0.717) is 34.7 Å². The second kappa shape index (κ2) is 8.37. The predicted molar refractivity (Wildman–Crippen MR) is 106 cm³/mol. The topological polar surface area (TPSA) is 115 Å². The molecule has 1 aromatic carbocycles. The molecule has 0 atom stereocenters. The number of rotatable bonds is 4. The quantitative estimate of drug-likeness (QED) is 0.716. The molecule has 1 heterocycles. The monoisotopic (exact) mass is 397 g/mol. The molecule has 0 radical (unpaired) electrons. The molecule has 1 aromatic rings. The standard InChI is InChI=1S/C20H20FN5OS/c21-13-4-6-14(7-5-13)25-17(27)12-28-19-16(11-23)20(8-2-1-3-9-20)15(10-22)18(24)26-19/h4-7,26H,1-3,8-9,12,24H2,(H,25,27). The molecule has 8 heteroatoms. The van der Waals surface area contributed by atoms with E-state index in [0.717, 1.165) is 19.3 Å². The highest BCUT2D eigenvalue weighted by Gasteiger charge is 2.45. The third kappa shape index (κ3) is 3.83. The number of hydrogen-bond acceptors (Lipinski definition) is 6. The maximum atomic E-state index is 13.0. The molecular formula is C20H20FN5OS. The summed E-state index contributed by atoms with van der Waals surface area (Å²) in [5.74, 6) is -0.355. The Hall–Kier alpha value is -2.97. The molecule has 1 aliphatic heterocycles. The van der Waals surface area contributed by atoms with Crippen molar-refractivity contribution in [2.45, 2.75) is 32.1 Å². The molecule has 144 valence electrons. The fraction of sp³-hybridized carbons (Fsp3) is 0.350. The number of nitriles is 2. The molecule has 1 fully saturated rings. The summed E-state index contributed by atoms with van der Waals surface area (Å²) in [6.45, 7) is 0. The molecule has 1 amide bonds. The Morgan fingerprint density at radius 1 is 1.18 bits per heavy atom. The van der Waals surface area contributed by atoms with Crippen molar-refractivity contribution < 1.29 is 9.18 Å². The number of thioether (sulfide) groups is 1. The summed E-state index contributed by atoms with van der Waals surface area (Å²) in [6, 6.07) is 9.94. The molecule has 6 nitrogen and oxygen atoms in total. The summed E-state index contributed by atoms with van der Waals surface area (Å²) in [4.78, 5) is 12.3. The summed E-state index contributed by atoms with van der Waals surface area (Å²) >= 11 is 1.18. The number of allylic oxidation sites excluding steroid dienone is 2. The molecule has 1 saturated carbocycles. The molecule has 4 N–H and O–H groups in total. The Labute approximate surface area is 167 Å². The number of amides is 1. The lowest BCUT2D eigenvalue weighted by molar-refractivity contribution is -0.113. The van der Waals surface area contributed by atoms with Gasteiger partial charge in [0.2, 0.25) is 5.91 Å². The number of carbonyl (C=O) groups is 1. The van der Waals surface area contributed by atoms with E-state index < -0.39 is 5.41 Å². The van der Waals surface area contributed by atoms with Crippen LogP contribution in [0.2, 0.25) is 0 Å². The van der Waals surface area contributed by atoms with Crippen molar-refractivity contribution in [1.29, 1.82) is 10.5 Å². The van der Waals surface area contributed by atoms with Crippen molar-refractivity contribution in [3.63, 3.8) is 0 Å². The van der Waals surface area contributed by atoms with Crippen molar-refractivity contribution >= 4 is 23.4 Å². The van der Waals surface area contributed by atoms with E-state index in [1.807, 2.05) is 0 Å². The van der Waals surface area contributed by atoms with Crippen LogP contribution >= 0.6 is 11.8 Å². The first-order valence-electron chi connectivity index (χ1n) is 9.00. The van der Waals surface area contributed by atoms with E-state index in [9.17, 15) is 19.7 Å². The van der Waals surface area contributed by atoms with Crippen LogP contribution in [-0.2, 0) is 4.79 Å². The Bertz CT molecular complexity index is 917. The van der Waals surface area contributed by atoms with E-state index >= 15 is 0 Å². The highest BCUT2D eigenvalue weighted by molar-refractivity contribution is 8.03. The zero-order valence-corrected chi connectivity index (χ0v) is 16.0. The van der Waals surface area contributed by atoms with Gasteiger partial charge >= 0.3 is 0 Å². The third-order valence-electron chi connectivity index (χ3n) is 5.11. The number of dihydropyridines is 1. The molecule has 28 heavy (non-hydrogen) atoms. The van der Waals surface area contributed by atoms with E-state index in [2.05, 4.69) is 22.8 Å². The zero-order chi connectivity index (χ0) is 20.1. The van der Waals surface area contributed by atoms with E-state index in [4.69, 9.17) is 5.73 Å². The van der Waals surface area contributed by atoms with Crippen molar-refractivity contribution in [2.24, 2.45) is 11.1 Å². The molecule has 0 unspecified atom stereocenters. The second-order valence-corrected chi connectivity index (χ2v) is 7.81. The number of nitrogens with two attached hydrogens (primary N) is 1. The van der Waals surface area contributed by atoms with E-state index in [1.54, 1.807) is 0 Å². The average molecular weight is 397 g/mol. The minimum Gasteiger partial charge on any atom is -0.384 e. The predicted octanol–water partition coefficient (Wildman–Crippen LogP) is 3.48. The number of anilines is 1. The molecule has 0 saturated heterocycles. The molecule has 2 aliphatic rings. The van der Waals surface area contributed by atoms with Crippen molar-refractivity contribution in [1.82, 2.24) is 5.32 Å². The Morgan fingerprint density at radius 2 is 1.82 bits per heavy atom. The van der Waals surface area contributed by atoms with E-state index in [-0.39, 0.29) is 23.3 Å². The van der Waals surface area contributed by atoms with Gasteiger partial charge in [0.15, 0.2) is 0 Å². The Kier molecular flexibility index (Phi) is 5.91. The second-order valence-electron chi connectivity index (χ2n) is 6.83. The van der Waals surface area contributed by atoms with Crippen LogP contribution in [0.4, 0.5) is 10.1 Å². The van der Waals surface area contributed by atoms with Gasteiger partial charge in [-0.3, -0.25) is 4.79 Å². The Balaban J connectivity index is 1.78. The first-order chi connectivity index (χ1) is 13.5. The average Bonchev–Trinajstić information content (AvgIpc) is 2.69. The van der Waals surface area contributed by atoms with Gasteiger partial charge in [0, 0.05) is 11.1 Å². The largest absolute Gasteiger partial charge is 0.384 e. The minimum atomic E-state index is -0.660. The van der Waals surface area contributed by atoms with Gasteiger partial charge in [-0.2, -0.15) is 10.5 Å². The summed E-state index contributed by atoms with van der Waals surface area (Å²) in [5.41, 5.74) is 6.84. The summed E-state index contributed by atoms with van der Waals surface area (Å²) in [5, 5.41) is 25.6. The van der Waals surface area contributed by atoms with Gasteiger partial charge in [0.1, 0.15) is 11.6 Å². The van der Waals surface area contributed by atoms with Gasteiger partial charge in [0.25, 0.3) is 0 Å². The maximum Gasteiger partial charge on any atom is 0.234 e. The van der Waals surface area contributed by atoms with Crippen LogP contribution < -0.4 is 16.4 Å². The van der Waals surface area contributed by atoms with Gasteiger partial charge in [-0.25, -0.2) is 4.39 Å². The van der Waals surface area contributed by atoms with Crippen LogP contribution in [0.1, 0.15) is 32.1 Å². The van der Waals surface area contributed by atoms with Crippen LogP contribution in [0.5, 0.6) is 0 Å². The third-order valence-corrected chi connectivity index (χ3v) is 6.11. The lowest BCUT2D eigenvalue weighted by atomic mass is 9.64. The van der Waals surface area contributed by atoms with Crippen LogP contribution in [-0.4, -0.2) is 11.7 Å². The fourth-order valence-corrected chi connectivity index (χ4v) is 4.72. The number of nitrogens with zero attached hydrogens (tertiary/aromatic N) is 2. The van der Waals surface area contributed by atoms with E-state index in [1.165, 1.54) is 36.0 Å². The molecule has 0 aromatic heterocycles. The lowest BCUT2D eigenvalue weighted by Gasteiger charge is -2.40. The maximum absolute atomic E-state index is 13.0. The molecule has 3 rings (SSSR count). The number of halogens is 1. The van der Waals surface area contributed by atoms with Crippen molar-refractivity contribution in [3.05, 3.63) is 52.1 Å². The number of hydrogen-bond donors (Lipinski definition) is 3. The molecular weight excluding hydrogens is 377 g/mol. The summed E-state index contributed by atoms with van der Waals surface area (Å²) in [7, 11) is 0. The van der Waals surface area contributed by atoms with Crippen LogP contribution in [0.15, 0.2) is 46.3 Å². The fourth-order valence-electron chi connectivity index (χ4n) is 3.80. The van der Waals surface area contributed by atoms with Crippen LogP contribution in [0.3, 0.4) is 0 Å². The van der Waals surface area contributed by atoms with Crippen molar-refractivity contribution in [2.75, 3.05) is 11.1 Å².